The second kappa shape index (κ2) is 5.83. The average molecular weight is 263 g/mol. The van der Waals surface area contributed by atoms with Gasteiger partial charge in [-0.1, -0.05) is 18.5 Å². The summed E-state index contributed by atoms with van der Waals surface area (Å²) in [5.41, 5.74) is 1.83. The molecule has 1 aromatic heterocycles. The lowest BCUT2D eigenvalue weighted by Crippen LogP contribution is -1.95. The van der Waals surface area contributed by atoms with Gasteiger partial charge >= 0.3 is 0 Å². The molecule has 0 aliphatic heterocycles. The van der Waals surface area contributed by atoms with Crippen LogP contribution in [-0.2, 0) is 0 Å². The summed E-state index contributed by atoms with van der Waals surface area (Å²) in [5, 5.41) is 0.462. The van der Waals surface area contributed by atoms with Crippen LogP contribution in [0.1, 0.15) is 19.2 Å². The van der Waals surface area contributed by atoms with Crippen LogP contribution in [0.2, 0.25) is 5.15 Å². The first-order chi connectivity index (χ1) is 8.69. The van der Waals surface area contributed by atoms with Gasteiger partial charge in [-0.2, -0.15) is 0 Å². The molecule has 0 aliphatic rings. The smallest absolute Gasteiger partial charge is 0.133 e. The highest BCUT2D eigenvalue weighted by Crippen LogP contribution is 2.22. The second-order valence-electron chi connectivity index (χ2n) is 4.00. The summed E-state index contributed by atoms with van der Waals surface area (Å²) in [6, 6.07) is 9.59. The molecule has 0 saturated carbocycles. The minimum atomic E-state index is 0.462. The van der Waals surface area contributed by atoms with Crippen LogP contribution in [-0.4, -0.2) is 16.6 Å². The van der Waals surface area contributed by atoms with E-state index < -0.39 is 0 Å². The fourth-order valence-electron chi connectivity index (χ4n) is 1.62. The first-order valence-corrected chi connectivity index (χ1v) is 6.31. The molecule has 4 heteroatoms. The third kappa shape index (κ3) is 3.20. The highest BCUT2D eigenvalue weighted by molar-refractivity contribution is 6.29. The Hall–Kier alpha value is -1.61. The molecule has 0 atom stereocenters. The number of aryl methyl sites for hydroxylation is 1. The Labute approximate surface area is 112 Å². The maximum absolute atomic E-state index is 5.92. The van der Waals surface area contributed by atoms with Crippen LogP contribution in [0.25, 0.3) is 11.3 Å². The van der Waals surface area contributed by atoms with Gasteiger partial charge in [-0.15, -0.1) is 0 Å². The van der Waals surface area contributed by atoms with Crippen molar-refractivity contribution in [1.29, 1.82) is 0 Å². The Balaban J connectivity index is 2.23. The summed E-state index contributed by atoms with van der Waals surface area (Å²) in [5.74, 6) is 1.54. The van der Waals surface area contributed by atoms with Crippen LogP contribution < -0.4 is 4.74 Å². The molecule has 0 aliphatic carbocycles. The largest absolute Gasteiger partial charge is 0.494 e. The van der Waals surface area contributed by atoms with Crippen molar-refractivity contribution in [2.24, 2.45) is 0 Å². The highest BCUT2D eigenvalue weighted by Gasteiger charge is 2.03. The lowest BCUT2D eigenvalue weighted by atomic mass is 10.1. The van der Waals surface area contributed by atoms with Crippen molar-refractivity contribution in [2.75, 3.05) is 6.61 Å². The number of aromatic nitrogens is 2. The van der Waals surface area contributed by atoms with E-state index >= 15 is 0 Å². The van der Waals surface area contributed by atoms with Gasteiger partial charge in [-0.3, -0.25) is 0 Å². The van der Waals surface area contributed by atoms with E-state index in [1.165, 1.54) is 0 Å². The number of hydrogen-bond acceptors (Lipinski definition) is 3. The van der Waals surface area contributed by atoms with Crippen LogP contribution >= 0.6 is 11.6 Å². The SMILES string of the molecule is CCCOc1ccc(-c2cc(Cl)nc(C)n2)cc1. The van der Waals surface area contributed by atoms with Gasteiger partial charge in [0.05, 0.1) is 12.3 Å². The number of ether oxygens (including phenoxy) is 1. The van der Waals surface area contributed by atoms with Gasteiger partial charge < -0.3 is 4.74 Å². The van der Waals surface area contributed by atoms with Crippen LogP contribution in [0, 0.1) is 6.92 Å². The molecule has 2 aromatic rings. The van der Waals surface area contributed by atoms with E-state index in [4.69, 9.17) is 16.3 Å². The zero-order valence-corrected chi connectivity index (χ0v) is 11.2. The molecule has 94 valence electrons. The zero-order chi connectivity index (χ0) is 13.0. The number of benzene rings is 1. The van der Waals surface area contributed by atoms with Gasteiger partial charge in [0.15, 0.2) is 0 Å². The molecule has 2 rings (SSSR count). The van der Waals surface area contributed by atoms with Crippen molar-refractivity contribution in [2.45, 2.75) is 20.3 Å². The van der Waals surface area contributed by atoms with E-state index in [1.807, 2.05) is 31.2 Å². The Morgan fingerprint density at radius 1 is 1.17 bits per heavy atom. The molecule has 0 saturated heterocycles. The Morgan fingerprint density at radius 3 is 2.50 bits per heavy atom. The van der Waals surface area contributed by atoms with E-state index in [1.54, 1.807) is 6.07 Å². The zero-order valence-electron chi connectivity index (χ0n) is 10.5. The van der Waals surface area contributed by atoms with Crippen molar-refractivity contribution in [3.05, 3.63) is 41.3 Å². The molecule has 0 unspecified atom stereocenters. The minimum absolute atomic E-state index is 0.462. The first-order valence-electron chi connectivity index (χ1n) is 5.93. The maximum atomic E-state index is 5.92. The normalized spacial score (nSPS) is 10.4. The summed E-state index contributed by atoms with van der Waals surface area (Å²) < 4.78 is 5.53. The van der Waals surface area contributed by atoms with Crippen molar-refractivity contribution in [3.63, 3.8) is 0 Å². The van der Waals surface area contributed by atoms with Gasteiger partial charge in [0.25, 0.3) is 0 Å². The molecule has 0 bridgehead atoms. The Kier molecular flexibility index (Phi) is 4.15. The predicted molar refractivity (Wildman–Crippen MR) is 73.0 cm³/mol. The topological polar surface area (TPSA) is 35.0 Å². The molecule has 0 radical (unpaired) electrons. The van der Waals surface area contributed by atoms with Gasteiger partial charge in [0, 0.05) is 11.6 Å². The van der Waals surface area contributed by atoms with Crippen molar-refractivity contribution >= 4 is 11.6 Å². The molecule has 0 fully saturated rings. The third-order valence-corrected chi connectivity index (χ3v) is 2.62. The van der Waals surface area contributed by atoms with Crippen LogP contribution in [0.3, 0.4) is 0 Å². The van der Waals surface area contributed by atoms with Gasteiger partial charge in [0.1, 0.15) is 16.7 Å². The van der Waals surface area contributed by atoms with Crippen molar-refractivity contribution < 1.29 is 4.74 Å². The molecule has 1 heterocycles. The van der Waals surface area contributed by atoms with Gasteiger partial charge in [-0.25, -0.2) is 9.97 Å². The highest BCUT2D eigenvalue weighted by atomic mass is 35.5. The minimum Gasteiger partial charge on any atom is -0.494 e. The van der Waals surface area contributed by atoms with E-state index in [0.717, 1.165) is 30.0 Å². The third-order valence-electron chi connectivity index (χ3n) is 2.43. The van der Waals surface area contributed by atoms with Crippen LogP contribution in [0.15, 0.2) is 30.3 Å². The van der Waals surface area contributed by atoms with E-state index in [0.29, 0.717) is 11.0 Å². The first kappa shape index (κ1) is 12.8. The Bertz CT molecular complexity index is 506. The van der Waals surface area contributed by atoms with E-state index in [-0.39, 0.29) is 0 Å². The van der Waals surface area contributed by atoms with Gasteiger partial charge in [-0.05, 0) is 37.6 Å². The molecule has 0 N–H and O–H groups in total. The van der Waals surface area contributed by atoms with E-state index in [9.17, 15) is 0 Å². The number of hydrogen-bond donors (Lipinski definition) is 0. The lowest BCUT2D eigenvalue weighted by molar-refractivity contribution is 0.317. The van der Waals surface area contributed by atoms with Crippen molar-refractivity contribution in [3.8, 4) is 17.0 Å². The summed E-state index contributed by atoms with van der Waals surface area (Å²) in [4.78, 5) is 8.41. The molecule has 0 amide bonds. The van der Waals surface area contributed by atoms with Crippen molar-refractivity contribution in [1.82, 2.24) is 9.97 Å². The fraction of sp³-hybridized carbons (Fsp3) is 0.286. The van der Waals surface area contributed by atoms with Gasteiger partial charge in [0.2, 0.25) is 0 Å². The van der Waals surface area contributed by atoms with E-state index in [2.05, 4.69) is 16.9 Å². The molecule has 1 aromatic carbocycles. The molecule has 18 heavy (non-hydrogen) atoms. The summed E-state index contributed by atoms with van der Waals surface area (Å²) >= 11 is 5.92. The summed E-state index contributed by atoms with van der Waals surface area (Å²) in [7, 11) is 0. The molecule has 3 nitrogen and oxygen atoms in total. The molecule has 0 spiro atoms. The fourth-order valence-corrected chi connectivity index (χ4v) is 1.85. The maximum Gasteiger partial charge on any atom is 0.133 e. The quantitative estimate of drug-likeness (QED) is 0.784. The van der Waals surface area contributed by atoms with Crippen LogP contribution in [0.4, 0.5) is 0 Å². The number of rotatable bonds is 4. The predicted octanol–water partition coefficient (Wildman–Crippen LogP) is 3.89. The summed E-state index contributed by atoms with van der Waals surface area (Å²) in [6.07, 6.45) is 1.00. The Morgan fingerprint density at radius 2 is 1.89 bits per heavy atom. The molecular formula is C14H15ClN2O. The monoisotopic (exact) mass is 262 g/mol. The lowest BCUT2D eigenvalue weighted by Gasteiger charge is -2.06. The molecular weight excluding hydrogens is 248 g/mol. The average Bonchev–Trinajstić information content (AvgIpc) is 2.36. The number of halogens is 1. The second-order valence-corrected chi connectivity index (χ2v) is 4.38. The summed E-state index contributed by atoms with van der Waals surface area (Å²) in [6.45, 7) is 4.64. The van der Waals surface area contributed by atoms with Crippen LogP contribution in [0.5, 0.6) is 5.75 Å². The standard InChI is InChI=1S/C14H15ClN2O/c1-3-8-18-12-6-4-11(5-7-12)13-9-14(15)17-10(2)16-13/h4-7,9H,3,8H2,1-2H3. The number of nitrogens with zero attached hydrogens (tertiary/aromatic N) is 2.